The predicted molar refractivity (Wildman–Crippen MR) is 108 cm³/mol. The maximum atomic E-state index is 13.3. The number of hydrogen-bond donors (Lipinski definition) is 0. The third-order valence-corrected chi connectivity index (χ3v) is 4.58. The van der Waals surface area contributed by atoms with Gasteiger partial charge in [-0.2, -0.15) is 4.57 Å². The summed E-state index contributed by atoms with van der Waals surface area (Å²) in [7, 11) is 3.87. The Kier molecular flexibility index (Phi) is 6.16. The van der Waals surface area contributed by atoms with Gasteiger partial charge in [-0.3, -0.25) is 4.79 Å². The Morgan fingerprint density at radius 1 is 1.18 bits per heavy atom. The lowest BCUT2D eigenvalue weighted by Crippen LogP contribution is -2.47. The molecule has 0 unspecified atom stereocenters. The normalized spacial score (nSPS) is 12.6. The highest BCUT2D eigenvalue weighted by atomic mass is 32.1. The van der Waals surface area contributed by atoms with Crippen molar-refractivity contribution in [1.82, 2.24) is 0 Å². The number of ketones is 1. The highest BCUT2D eigenvalue weighted by Gasteiger charge is 2.28. The van der Waals surface area contributed by atoms with Crippen LogP contribution in [-0.4, -0.2) is 24.9 Å². The van der Waals surface area contributed by atoms with Crippen LogP contribution >= 0.6 is 0 Å². The van der Waals surface area contributed by atoms with Crippen LogP contribution in [-0.2, 0) is 19.2 Å². The van der Waals surface area contributed by atoms with Crippen molar-refractivity contribution in [3.05, 3.63) is 84.3 Å². The Bertz CT molecular complexity index is 952. The van der Waals surface area contributed by atoms with Crippen LogP contribution < -0.4 is 9.47 Å². The van der Waals surface area contributed by atoms with E-state index in [0.717, 1.165) is 5.69 Å². The number of nitrogens with zero attached hydrogens (tertiary/aromatic N) is 3. The molecule has 0 aliphatic rings. The van der Waals surface area contributed by atoms with Crippen LogP contribution in [0.1, 0.15) is 22.2 Å². The number of Topliss-reactive ketones (excluding diaryl/α,β-unsaturated/α-hetero) is 1. The van der Waals surface area contributed by atoms with Crippen molar-refractivity contribution in [1.29, 1.82) is 0 Å². The van der Waals surface area contributed by atoms with E-state index in [0.29, 0.717) is 11.3 Å². The fourth-order valence-electron chi connectivity index (χ4n) is 2.69. The Hall–Kier alpha value is -3.06. The van der Waals surface area contributed by atoms with Gasteiger partial charge in [0.1, 0.15) is 11.6 Å². The minimum Gasteiger partial charge on any atom is -0.758 e. The van der Waals surface area contributed by atoms with Gasteiger partial charge in [0.05, 0.1) is 12.8 Å². The quantitative estimate of drug-likeness (QED) is 0.202. The molecule has 2 heterocycles. The summed E-state index contributed by atoms with van der Waals surface area (Å²) >= 11 is 5.48. The standard InChI is InChI=1S/C21H20FN3O2S/c1-24(2)17-9-11-25(12-10-17)19(20(26)15-5-7-16(22)8-6-15)21(28)23-14-18-4-3-13-27-18/h3-13,19H,14H2,1-2H3/t19-/m1/s1. The maximum absolute atomic E-state index is 13.3. The van der Waals surface area contributed by atoms with Crippen LogP contribution in [0.25, 0.3) is 0 Å². The number of benzene rings is 1. The van der Waals surface area contributed by atoms with Crippen LogP contribution in [0.15, 0.2) is 76.6 Å². The van der Waals surface area contributed by atoms with Crippen molar-refractivity contribution in [2.24, 2.45) is 4.99 Å². The zero-order chi connectivity index (χ0) is 20.1. The van der Waals surface area contributed by atoms with Crippen LogP contribution in [0.4, 0.5) is 10.1 Å². The molecule has 0 aliphatic carbocycles. The van der Waals surface area contributed by atoms with Crippen molar-refractivity contribution >= 4 is 29.1 Å². The van der Waals surface area contributed by atoms with Gasteiger partial charge in [0.25, 0.3) is 0 Å². The van der Waals surface area contributed by atoms with Gasteiger partial charge in [-0.1, -0.05) is 0 Å². The molecular weight excluding hydrogens is 377 g/mol. The van der Waals surface area contributed by atoms with Crippen LogP contribution in [0, 0.1) is 5.82 Å². The molecule has 1 atom stereocenters. The number of anilines is 1. The number of carbonyl (C=O) groups excluding carboxylic acids is 1. The number of rotatable bonds is 7. The molecule has 0 fully saturated rings. The first kappa shape index (κ1) is 19.7. The van der Waals surface area contributed by atoms with Gasteiger partial charge < -0.3 is 26.9 Å². The predicted octanol–water partition coefficient (Wildman–Crippen LogP) is 3.34. The summed E-state index contributed by atoms with van der Waals surface area (Å²) in [5.41, 5.74) is 1.36. The smallest absolute Gasteiger partial charge is 0.237 e. The van der Waals surface area contributed by atoms with Crippen molar-refractivity contribution in [3.8, 4) is 0 Å². The summed E-state index contributed by atoms with van der Waals surface area (Å²) < 4.78 is 20.2. The van der Waals surface area contributed by atoms with E-state index in [4.69, 9.17) is 17.0 Å². The molecule has 0 spiro atoms. The summed E-state index contributed by atoms with van der Waals surface area (Å²) in [5, 5.41) is 0.230. The molecule has 0 saturated heterocycles. The van der Waals surface area contributed by atoms with Crippen molar-refractivity contribution in [3.63, 3.8) is 0 Å². The number of furan rings is 1. The molecule has 144 valence electrons. The maximum Gasteiger partial charge on any atom is 0.237 e. The van der Waals surface area contributed by atoms with Gasteiger partial charge in [0.2, 0.25) is 11.8 Å². The van der Waals surface area contributed by atoms with Gasteiger partial charge in [-0.05, 0) is 41.4 Å². The first-order valence-corrected chi connectivity index (χ1v) is 9.08. The average Bonchev–Trinajstić information content (AvgIpc) is 3.21. The summed E-state index contributed by atoms with van der Waals surface area (Å²) in [6.07, 6.45) is 5.13. The minimum atomic E-state index is -0.813. The molecule has 0 saturated carbocycles. The van der Waals surface area contributed by atoms with E-state index < -0.39 is 11.9 Å². The van der Waals surface area contributed by atoms with Crippen molar-refractivity contribution < 1.29 is 18.2 Å². The molecular formula is C21H20FN3O2S. The monoisotopic (exact) mass is 397 g/mol. The molecule has 0 radical (unpaired) electrons. The molecule has 0 amide bonds. The third-order valence-electron chi connectivity index (χ3n) is 4.23. The van der Waals surface area contributed by atoms with Crippen LogP contribution in [0.2, 0.25) is 0 Å². The second-order valence-corrected chi connectivity index (χ2v) is 6.82. The van der Waals surface area contributed by atoms with Crippen molar-refractivity contribution in [2.75, 3.05) is 19.0 Å². The lowest BCUT2D eigenvalue weighted by molar-refractivity contribution is -0.691. The van der Waals surface area contributed by atoms with E-state index in [9.17, 15) is 9.18 Å². The molecule has 7 heteroatoms. The average molecular weight is 397 g/mol. The van der Waals surface area contributed by atoms with Crippen LogP contribution in [0.3, 0.4) is 0 Å². The topological polar surface area (TPSA) is 49.7 Å². The Labute approximate surface area is 168 Å². The van der Waals surface area contributed by atoms with E-state index in [1.807, 2.05) is 31.1 Å². The van der Waals surface area contributed by atoms with Gasteiger partial charge in [0, 0.05) is 37.5 Å². The molecule has 0 bridgehead atoms. The van der Waals surface area contributed by atoms with Gasteiger partial charge in [-0.25, -0.2) is 4.39 Å². The van der Waals surface area contributed by atoms with E-state index in [1.54, 1.807) is 35.4 Å². The molecule has 5 nitrogen and oxygen atoms in total. The van der Waals surface area contributed by atoms with Gasteiger partial charge in [0.15, 0.2) is 12.4 Å². The molecule has 2 aromatic heterocycles. The minimum absolute atomic E-state index is 0.230. The third kappa shape index (κ3) is 4.61. The fraction of sp³-hybridized carbons (Fsp3) is 0.190. The number of carbonyl (C=O) groups is 1. The van der Waals surface area contributed by atoms with E-state index in [-0.39, 0.29) is 17.4 Å². The molecule has 3 rings (SSSR count). The first-order chi connectivity index (χ1) is 13.5. The second-order valence-electron chi connectivity index (χ2n) is 6.41. The van der Waals surface area contributed by atoms with Crippen LogP contribution in [0.5, 0.6) is 0 Å². The zero-order valence-electron chi connectivity index (χ0n) is 15.6. The van der Waals surface area contributed by atoms with Gasteiger partial charge in [-0.15, -0.1) is 0 Å². The van der Waals surface area contributed by atoms with Crippen molar-refractivity contribution in [2.45, 2.75) is 12.6 Å². The summed E-state index contributed by atoms with van der Waals surface area (Å²) in [5.74, 6) is 0.000238. The van der Waals surface area contributed by atoms with E-state index in [2.05, 4.69) is 4.99 Å². The highest BCUT2D eigenvalue weighted by Crippen LogP contribution is 2.15. The first-order valence-electron chi connectivity index (χ1n) is 8.67. The Morgan fingerprint density at radius 3 is 2.43 bits per heavy atom. The van der Waals surface area contributed by atoms with E-state index >= 15 is 0 Å². The number of pyridine rings is 1. The van der Waals surface area contributed by atoms with E-state index in [1.165, 1.54) is 24.3 Å². The number of hydrogen-bond acceptors (Lipinski definition) is 5. The number of aliphatic imine (C=N–C) groups is 1. The zero-order valence-corrected chi connectivity index (χ0v) is 16.4. The fourth-order valence-corrected chi connectivity index (χ4v) is 2.99. The summed E-state index contributed by atoms with van der Waals surface area (Å²) in [6, 6.07) is 11.9. The molecule has 0 N–H and O–H groups in total. The SMILES string of the molecule is CN(C)c1cc[n+]([C@H](C(=O)c2ccc(F)cc2)C([S-])=NCc2ccco2)cc1. The summed E-state index contributed by atoms with van der Waals surface area (Å²) in [6.45, 7) is 0.245. The Balaban J connectivity index is 1.95. The van der Waals surface area contributed by atoms with Gasteiger partial charge >= 0.3 is 0 Å². The molecule has 28 heavy (non-hydrogen) atoms. The summed E-state index contributed by atoms with van der Waals surface area (Å²) in [4.78, 5) is 19.5. The highest BCUT2D eigenvalue weighted by molar-refractivity contribution is 7.77. The largest absolute Gasteiger partial charge is 0.758 e. The lowest BCUT2D eigenvalue weighted by atomic mass is 10.0. The molecule has 0 aliphatic heterocycles. The molecule has 3 aromatic rings. The number of halogens is 1. The lowest BCUT2D eigenvalue weighted by Gasteiger charge is -2.19. The number of aromatic nitrogens is 1. The molecule has 1 aromatic carbocycles. The second kappa shape index (κ2) is 8.75. The Morgan fingerprint density at radius 2 is 1.86 bits per heavy atom.